The smallest absolute Gasteiger partial charge is 0.0704 e. The lowest BCUT2D eigenvalue weighted by molar-refractivity contribution is -0.112. The monoisotopic (exact) mass is 248 g/mol. The van der Waals surface area contributed by atoms with Crippen LogP contribution in [0.4, 0.5) is 0 Å². The average molecular weight is 249 g/mol. The molecule has 0 N–H and O–H groups in total. The Bertz CT molecular complexity index is 208. The predicted octanol–water partition coefficient (Wildman–Crippen LogP) is 3.47. The molecule has 1 aliphatic rings. The molecular weight excluding hydrogens is 224 g/mol. The highest BCUT2D eigenvalue weighted by atomic mass is 35.5. The fraction of sp³-hybridized carbons (Fsp3) is 1.00. The van der Waals surface area contributed by atoms with Crippen LogP contribution in [0.15, 0.2) is 0 Å². The number of alkyl halides is 1. The van der Waals surface area contributed by atoms with Gasteiger partial charge in [-0.05, 0) is 18.8 Å². The quantitative estimate of drug-likeness (QED) is 0.507. The van der Waals surface area contributed by atoms with Crippen molar-refractivity contribution in [3.8, 4) is 0 Å². The van der Waals surface area contributed by atoms with Gasteiger partial charge in [-0.3, -0.25) is 0 Å². The minimum atomic E-state index is 0.166. The molecule has 0 bridgehead atoms. The van der Waals surface area contributed by atoms with E-state index in [1.165, 1.54) is 0 Å². The van der Waals surface area contributed by atoms with Crippen molar-refractivity contribution in [2.75, 3.05) is 19.8 Å². The van der Waals surface area contributed by atoms with E-state index >= 15 is 0 Å². The lowest BCUT2D eigenvalue weighted by Gasteiger charge is -2.50. The highest BCUT2D eigenvalue weighted by Crippen LogP contribution is 2.48. The van der Waals surface area contributed by atoms with Gasteiger partial charge in [-0.15, -0.1) is 11.6 Å². The van der Waals surface area contributed by atoms with E-state index in [9.17, 15) is 0 Å². The van der Waals surface area contributed by atoms with Crippen molar-refractivity contribution < 1.29 is 9.47 Å². The maximum atomic E-state index is 6.22. The Morgan fingerprint density at radius 1 is 1.38 bits per heavy atom. The zero-order valence-electron chi connectivity index (χ0n) is 11.0. The van der Waals surface area contributed by atoms with E-state index in [1.54, 1.807) is 0 Å². The second-order valence-electron chi connectivity index (χ2n) is 5.39. The standard InChI is InChI=1S/C13H25ClO2/c1-5-13(4)11(14)8-12(13)16-7-6-15-9-10(2)3/h10-12H,5-9H2,1-4H3. The molecule has 3 atom stereocenters. The molecule has 1 fully saturated rings. The largest absolute Gasteiger partial charge is 0.379 e. The summed E-state index contributed by atoms with van der Waals surface area (Å²) in [5, 5.41) is 0.277. The molecule has 0 aromatic heterocycles. The number of halogens is 1. The Morgan fingerprint density at radius 3 is 2.56 bits per heavy atom. The van der Waals surface area contributed by atoms with Crippen molar-refractivity contribution in [3.05, 3.63) is 0 Å². The van der Waals surface area contributed by atoms with Gasteiger partial charge in [0.2, 0.25) is 0 Å². The van der Waals surface area contributed by atoms with Gasteiger partial charge in [0.05, 0.1) is 19.3 Å². The lowest BCUT2D eigenvalue weighted by Crippen LogP contribution is -2.53. The summed E-state index contributed by atoms with van der Waals surface area (Å²) in [5.74, 6) is 0.594. The van der Waals surface area contributed by atoms with Gasteiger partial charge in [0.25, 0.3) is 0 Å². The second kappa shape index (κ2) is 6.23. The molecule has 0 aromatic carbocycles. The Morgan fingerprint density at radius 2 is 2.06 bits per heavy atom. The van der Waals surface area contributed by atoms with Gasteiger partial charge in [-0.25, -0.2) is 0 Å². The summed E-state index contributed by atoms with van der Waals surface area (Å²) in [7, 11) is 0. The van der Waals surface area contributed by atoms with Gasteiger partial charge < -0.3 is 9.47 Å². The van der Waals surface area contributed by atoms with Crippen LogP contribution in [0.3, 0.4) is 0 Å². The van der Waals surface area contributed by atoms with Crippen molar-refractivity contribution in [1.82, 2.24) is 0 Å². The summed E-state index contributed by atoms with van der Waals surface area (Å²) in [6.07, 6.45) is 2.39. The van der Waals surface area contributed by atoms with Gasteiger partial charge in [-0.1, -0.05) is 27.7 Å². The number of hydrogen-bond acceptors (Lipinski definition) is 2. The van der Waals surface area contributed by atoms with Crippen LogP contribution in [0.1, 0.15) is 40.5 Å². The molecule has 0 saturated heterocycles. The van der Waals surface area contributed by atoms with Crippen LogP contribution in [-0.2, 0) is 9.47 Å². The molecular formula is C13H25ClO2. The lowest BCUT2D eigenvalue weighted by atomic mass is 9.65. The Kier molecular flexibility index (Phi) is 5.55. The first-order chi connectivity index (χ1) is 7.50. The molecule has 0 heterocycles. The van der Waals surface area contributed by atoms with Crippen LogP contribution >= 0.6 is 11.6 Å². The predicted molar refractivity (Wildman–Crippen MR) is 68.1 cm³/mol. The molecule has 96 valence electrons. The van der Waals surface area contributed by atoms with Crippen molar-refractivity contribution in [3.63, 3.8) is 0 Å². The molecule has 0 amide bonds. The van der Waals surface area contributed by atoms with E-state index in [0.29, 0.717) is 25.2 Å². The van der Waals surface area contributed by atoms with Crippen molar-refractivity contribution in [1.29, 1.82) is 0 Å². The molecule has 2 nitrogen and oxygen atoms in total. The summed E-state index contributed by atoms with van der Waals surface area (Å²) in [6.45, 7) is 10.9. The summed E-state index contributed by atoms with van der Waals surface area (Å²) >= 11 is 6.22. The van der Waals surface area contributed by atoms with Gasteiger partial charge >= 0.3 is 0 Å². The average Bonchev–Trinajstić information content (AvgIpc) is 2.25. The molecule has 16 heavy (non-hydrogen) atoms. The van der Waals surface area contributed by atoms with E-state index in [2.05, 4.69) is 27.7 Å². The third-order valence-electron chi connectivity index (χ3n) is 3.63. The fourth-order valence-corrected chi connectivity index (χ4v) is 2.50. The number of hydrogen-bond donors (Lipinski definition) is 0. The highest BCUT2D eigenvalue weighted by molar-refractivity contribution is 6.21. The molecule has 0 radical (unpaired) electrons. The normalized spacial score (nSPS) is 34.1. The van der Waals surface area contributed by atoms with Gasteiger partial charge in [0.15, 0.2) is 0 Å². The van der Waals surface area contributed by atoms with Crippen LogP contribution < -0.4 is 0 Å². The first-order valence-electron chi connectivity index (χ1n) is 6.34. The van der Waals surface area contributed by atoms with E-state index in [-0.39, 0.29) is 10.8 Å². The Labute approximate surface area is 105 Å². The first kappa shape index (κ1) is 14.3. The first-order valence-corrected chi connectivity index (χ1v) is 6.77. The van der Waals surface area contributed by atoms with Crippen LogP contribution in [0.2, 0.25) is 0 Å². The zero-order valence-corrected chi connectivity index (χ0v) is 11.7. The molecule has 0 aliphatic heterocycles. The topological polar surface area (TPSA) is 18.5 Å². The van der Waals surface area contributed by atoms with Crippen LogP contribution in [0.25, 0.3) is 0 Å². The van der Waals surface area contributed by atoms with Crippen molar-refractivity contribution in [2.45, 2.75) is 52.0 Å². The Hall–Kier alpha value is 0.210. The van der Waals surface area contributed by atoms with Gasteiger partial charge in [0.1, 0.15) is 0 Å². The van der Waals surface area contributed by atoms with E-state index < -0.39 is 0 Å². The van der Waals surface area contributed by atoms with Crippen LogP contribution in [0, 0.1) is 11.3 Å². The summed E-state index contributed by atoms with van der Waals surface area (Å²) in [6, 6.07) is 0. The third-order valence-corrected chi connectivity index (χ3v) is 4.31. The van der Waals surface area contributed by atoms with Gasteiger partial charge in [-0.2, -0.15) is 0 Å². The zero-order chi connectivity index (χ0) is 12.2. The SMILES string of the molecule is CCC1(C)C(Cl)CC1OCCOCC(C)C. The maximum Gasteiger partial charge on any atom is 0.0704 e. The van der Waals surface area contributed by atoms with Crippen LogP contribution in [0.5, 0.6) is 0 Å². The summed E-state index contributed by atoms with van der Waals surface area (Å²) < 4.78 is 11.3. The molecule has 0 aromatic rings. The van der Waals surface area contributed by atoms with E-state index in [1.807, 2.05) is 0 Å². The minimum absolute atomic E-state index is 0.166. The van der Waals surface area contributed by atoms with E-state index in [4.69, 9.17) is 21.1 Å². The van der Waals surface area contributed by atoms with Crippen LogP contribution in [-0.4, -0.2) is 31.3 Å². The Balaban J connectivity index is 2.10. The number of rotatable bonds is 7. The third kappa shape index (κ3) is 3.35. The second-order valence-corrected chi connectivity index (χ2v) is 5.92. The van der Waals surface area contributed by atoms with Crippen molar-refractivity contribution >= 4 is 11.6 Å². The molecule has 3 unspecified atom stereocenters. The van der Waals surface area contributed by atoms with Crippen molar-refractivity contribution in [2.24, 2.45) is 11.3 Å². The highest BCUT2D eigenvalue weighted by Gasteiger charge is 2.50. The number of ether oxygens (including phenoxy) is 2. The molecule has 1 saturated carbocycles. The maximum absolute atomic E-state index is 6.22. The minimum Gasteiger partial charge on any atom is -0.379 e. The molecule has 0 spiro atoms. The molecule has 1 aliphatic carbocycles. The van der Waals surface area contributed by atoms with Gasteiger partial charge in [0, 0.05) is 17.4 Å². The molecule has 3 heteroatoms. The summed E-state index contributed by atoms with van der Waals surface area (Å²) in [4.78, 5) is 0. The summed E-state index contributed by atoms with van der Waals surface area (Å²) in [5.41, 5.74) is 0.166. The van der Waals surface area contributed by atoms with E-state index in [0.717, 1.165) is 19.4 Å². The fourth-order valence-electron chi connectivity index (χ4n) is 2.04. The molecule has 1 rings (SSSR count).